The first-order valence-electron chi connectivity index (χ1n) is 9.29. The Labute approximate surface area is 159 Å². The molecule has 27 heavy (non-hydrogen) atoms. The maximum absolute atomic E-state index is 12.8. The van der Waals surface area contributed by atoms with Crippen molar-refractivity contribution in [3.63, 3.8) is 0 Å². The number of hydrogen-bond acceptors (Lipinski definition) is 6. The summed E-state index contributed by atoms with van der Waals surface area (Å²) in [6.07, 6.45) is 4.00. The lowest BCUT2D eigenvalue weighted by Crippen LogP contribution is -2.60. The molecule has 0 amide bonds. The molecule has 1 heterocycles. The summed E-state index contributed by atoms with van der Waals surface area (Å²) in [6, 6.07) is 4.18. The molecule has 6 heteroatoms. The number of benzene rings is 1. The van der Waals surface area contributed by atoms with Crippen molar-refractivity contribution >= 4 is 11.8 Å². The average molecular weight is 371 g/mol. The number of fused-ring (bicyclic) bond motifs is 1. The quantitative estimate of drug-likeness (QED) is 0.600. The maximum Gasteiger partial charge on any atom is 0.308 e. The fourth-order valence-corrected chi connectivity index (χ4v) is 5.25. The van der Waals surface area contributed by atoms with E-state index in [0.29, 0.717) is 23.7 Å². The number of ether oxygens (including phenoxy) is 3. The van der Waals surface area contributed by atoms with Gasteiger partial charge >= 0.3 is 5.97 Å². The number of rotatable bonds is 3. The molecule has 0 spiro atoms. The van der Waals surface area contributed by atoms with Crippen LogP contribution in [0.15, 0.2) is 24.0 Å². The zero-order chi connectivity index (χ0) is 19.3. The number of allylic oxidation sites excluding steroid dienone is 1. The van der Waals surface area contributed by atoms with Crippen LogP contribution in [0.4, 0.5) is 0 Å². The second-order valence-corrected chi connectivity index (χ2v) is 7.74. The minimum Gasteiger partial charge on any atom is -0.493 e. The summed E-state index contributed by atoms with van der Waals surface area (Å²) in [4.78, 5) is 27.0. The summed E-state index contributed by atoms with van der Waals surface area (Å²) in [5.41, 5.74) is 1.69. The van der Waals surface area contributed by atoms with E-state index in [0.717, 1.165) is 30.5 Å². The molecule has 1 aromatic carbocycles. The Balaban J connectivity index is 1.98. The summed E-state index contributed by atoms with van der Waals surface area (Å²) in [5.74, 6) is 1.18. The molecule has 0 radical (unpaired) electrons. The summed E-state index contributed by atoms with van der Waals surface area (Å²) >= 11 is 0. The van der Waals surface area contributed by atoms with Crippen LogP contribution in [0.25, 0.3) is 0 Å². The minimum atomic E-state index is -0.400. The molecule has 1 fully saturated rings. The van der Waals surface area contributed by atoms with E-state index in [1.165, 1.54) is 6.92 Å². The van der Waals surface area contributed by atoms with Gasteiger partial charge in [-0.15, -0.1) is 0 Å². The maximum atomic E-state index is 12.8. The summed E-state index contributed by atoms with van der Waals surface area (Å²) in [5, 5.41) is 0. The molecular weight excluding hydrogens is 346 g/mol. The van der Waals surface area contributed by atoms with Crippen molar-refractivity contribution in [2.45, 2.75) is 37.6 Å². The number of carbonyl (C=O) groups is 2. The molecule has 1 aromatic rings. The third-order valence-electron chi connectivity index (χ3n) is 6.43. The highest BCUT2D eigenvalue weighted by atomic mass is 16.6. The Hall–Kier alpha value is -2.34. The SMILES string of the molecule is COC1=CC2[C@@H]3Cc4ccc(OC)c(OC(C)=O)c4[C@]2(CCN3C)CC1=O. The minimum absolute atomic E-state index is 0.00139. The molecular formula is C21H25NO5. The van der Waals surface area contributed by atoms with Crippen LogP contribution >= 0.6 is 0 Å². The van der Waals surface area contributed by atoms with Crippen LogP contribution in [0.3, 0.4) is 0 Å². The molecule has 3 atom stereocenters. The second kappa shape index (κ2) is 6.37. The van der Waals surface area contributed by atoms with E-state index in [1.54, 1.807) is 14.2 Å². The molecule has 3 aliphatic rings. The van der Waals surface area contributed by atoms with E-state index in [2.05, 4.69) is 11.9 Å². The van der Waals surface area contributed by atoms with Crippen molar-refractivity contribution in [3.05, 3.63) is 35.1 Å². The van der Waals surface area contributed by atoms with E-state index in [1.807, 2.05) is 18.2 Å². The van der Waals surface area contributed by atoms with Gasteiger partial charge in [0.2, 0.25) is 0 Å². The first-order valence-corrected chi connectivity index (χ1v) is 9.29. The molecule has 1 aliphatic heterocycles. The zero-order valence-electron chi connectivity index (χ0n) is 16.2. The van der Waals surface area contributed by atoms with Gasteiger partial charge in [-0.25, -0.2) is 0 Å². The second-order valence-electron chi connectivity index (χ2n) is 7.74. The molecule has 4 rings (SSSR count). The monoisotopic (exact) mass is 371 g/mol. The predicted molar refractivity (Wildman–Crippen MR) is 98.9 cm³/mol. The van der Waals surface area contributed by atoms with Gasteiger partial charge in [0.15, 0.2) is 23.0 Å². The van der Waals surface area contributed by atoms with Crippen molar-refractivity contribution in [3.8, 4) is 11.5 Å². The zero-order valence-corrected chi connectivity index (χ0v) is 16.2. The summed E-state index contributed by atoms with van der Waals surface area (Å²) in [7, 11) is 5.25. The molecule has 2 aliphatic carbocycles. The van der Waals surface area contributed by atoms with E-state index < -0.39 is 5.41 Å². The van der Waals surface area contributed by atoms with Crippen LogP contribution < -0.4 is 9.47 Å². The Bertz CT molecular complexity index is 845. The largest absolute Gasteiger partial charge is 0.493 e. The standard InChI is InChI=1S/C21H25NO5/c1-12(23)27-20-17(25-3)6-5-13-9-15-14-10-18(26-4)16(24)11-21(14,19(13)20)7-8-22(15)2/h5-6,10,14-15H,7-9,11H2,1-4H3/t14?,15-,21+/m0/s1. The molecule has 1 unspecified atom stereocenters. The number of nitrogens with zero attached hydrogens (tertiary/aromatic N) is 1. The lowest BCUT2D eigenvalue weighted by molar-refractivity contribution is -0.132. The normalized spacial score (nSPS) is 29.3. The Morgan fingerprint density at radius 2 is 2.04 bits per heavy atom. The topological polar surface area (TPSA) is 65.1 Å². The van der Waals surface area contributed by atoms with Crippen LogP contribution in [0.2, 0.25) is 0 Å². The highest BCUT2D eigenvalue weighted by Gasteiger charge is 2.56. The Kier molecular flexibility index (Phi) is 4.26. The third-order valence-corrected chi connectivity index (χ3v) is 6.43. The van der Waals surface area contributed by atoms with Crippen LogP contribution in [-0.4, -0.2) is 50.5 Å². The van der Waals surface area contributed by atoms with Crippen molar-refractivity contribution < 1.29 is 23.8 Å². The number of Topliss-reactive ketones (excluding diaryl/α,β-unsaturated/α-hetero) is 1. The number of esters is 1. The van der Waals surface area contributed by atoms with Crippen molar-refractivity contribution in [1.29, 1.82) is 0 Å². The van der Waals surface area contributed by atoms with Gasteiger partial charge in [0, 0.05) is 36.3 Å². The fraction of sp³-hybridized carbons (Fsp3) is 0.524. The highest BCUT2D eigenvalue weighted by Crippen LogP contribution is 2.57. The lowest BCUT2D eigenvalue weighted by atomic mass is 9.53. The number of ketones is 1. The van der Waals surface area contributed by atoms with Crippen LogP contribution in [0.5, 0.6) is 11.5 Å². The molecule has 0 saturated carbocycles. The van der Waals surface area contributed by atoms with E-state index in [4.69, 9.17) is 14.2 Å². The van der Waals surface area contributed by atoms with Crippen molar-refractivity contribution in [1.82, 2.24) is 4.90 Å². The van der Waals surface area contributed by atoms with Gasteiger partial charge in [-0.2, -0.15) is 0 Å². The van der Waals surface area contributed by atoms with E-state index >= 15 is 0 Å². The smallest absolute Gasteiger partial charge is 0.308 e. The average Bonchev–Trinajstić information content (AvgIpc) is 2.63. The van der Waals surface area contributed by atoms with Gasteiger partial charge in [0.05, 0.1) is 14.2 Å². The molecule has 0 aromatic heterocycles. The number of carbonyl (C=O) groups excluding carboxylic acids is 2. The number of hydrogen-bond donors (Lipinski definition) is 0. The molecule has 1 saturated heterocycles. The Morgan fingerprint density at radius 1 is 1.26 bits per heavy atom. The number of likely N-dealkylation sites (N-methyl/N-ethyl adjacent to an activating group) is 1. The van der Waals surface area contributed by atoms with Gasteiger partial charge in [-0.1, -0.05) is 6.07 Å². The fourth-order valence-electron chi connectivity index (χ4n) is 5.25. The number of methoxy groups -OCH3 is 2. The Morgan fingerprint density at radius 3 is 2.70 bits per heavy atom. The van der Waals surface area contributed by atoms with Gasteiger partial charge in [0.1, 0.15) is 0 Å². The summed E-state index contributed by atoms with van der Waals surface area (Å²) in [6.45, 7) is 2.28. The van der Waals surface area contributed by atoms with Crippen LogP contribution in [0, 0.1) is 5.92 Å². The number of likely N-dealkylation sites (tertiary alicyclic amines) is 1. The van der Waals surface area contributed by atoms with Gasteiger partial charge in [-0.05, 0) is 44.1 Å². The summed E-state index contributed by atoms with van der Waals surface area (Å²) < 4.78 is 16.5. The van der Waals surface area contributed by atoms with Gasteiger partial charge in [0.25, 0.3) is 0 Å². The first kappa shape index (κ1) is 18.0. The van der Waals surface area contributed by atoms with E-state index in [9.17, 15) is 9.59 Å². The molecule has 144 valence electrons. The number of piperidine rings is 1. The highest BCUT2D eigenvalue weighted by molar-refractivity contribution is 5.96. The first-order chi connectivity index (χ1) is 12.9. The van der Waals surface area contributed by atoms with E-state index in [-0.39, 0.29) is 23.7 Å². The van der Waals surface area contributed by atoms with Crippen molar-refractivity contribution in [2.75, 3.05) is 27.8 Å². The molecule has 0 N–H and O–H groups in total. The van der Waals surface area contributed by atoms with Crippen LogP contribution in [0.1, 0.15) is 30.9 Å². The van der Waals surface area contributed by atoms with Gasteiger partial charge < -0.3 is 19.1 Å². The van der Waals surface area contributed by atoms with Gasteiger partial charge in [-0.3, -0.25) is 9.59 Å². The van der Waals surface area contributed by atoms with Crippen molar-refractivity contribution in [2.24, 2.45) is 5.92 Å². The molecule has 2 bridgehead atoms. The lowest BCUT2D eigenvalue weighted by Gasteiger charge is -2.56. The van der Waals surface area contributed by atoms with Crippen LogP contribution in [-0.2, 0) is 26.2 Å². The molecule has 6 nitrogen and oxygen atoms in total. The predicted octanol–water partition coefficient (Wildman–Crippen LogP) is 2.24. The third kappa shape index (κ3) is 2.57.